The Balaban J connectivity index is 1.70. The molecule has 0 bridgehead atoms. The van der Waals surface area contributed by atoms with E-state index in [1.165, 1.54) is 0 Å². The van der Waals surface area contributed by atoms with Crippen molar-refractivity contribution in [3.8, 4) is 0 Å². The van der Waals surface area contributed by atoms with E-state index in [1.807, 2.05) is 25.1 Å². The van der Waals surface area contributed by atoms with Gasteiger partial charge in [-0.25, -0.2) is 0 Å². The van der Waals surface area contributed by atoms with E-state index in [0.29, 0.717) is 5.69 Å². The lowest BCUT2D eigenvalue weighted by Gasteiger charge is -2.46. The van der Waals surface area contributed by atoms with Crippen molar-refractivity contribution in [3.63, 3.8) is 0 Å². The molecule has 1 fully saturated rings. The Hall–Kier alpha value is -1.88. The highest BCUT2D eigenvalue weighted by Crippen LogP contribution is 2.28. The number of amides is 1. The van der Waals surface area contributed by atoms with Crippen LogP contribution in [0.2, 0.25) is 0 Å². The van der Waals surface area contributed by atoms with Gasteiger partial charge in [0.1, 0.15) is 5.69 Å². The van der Waals surface area contributed by atoms with Crippen LogP contribution < -0.4 is 10.6 Å². The monoisotopic (exact) mass is 329 g/mol. The maximum atomic E-state index is 12.5. The molecule has 3 rings (SSSR count). The van der Waals surface area contributed by atoms with Crippen LogP contribution in [0.1, 0.15) is 51.8 Å². The summed E-state index contributed by atoms with van der Waals surface area (Å²) in [6, 6.07) is 6.07. The Morgan fingerprint density at radius 1 is 1.29 bits per heavy atom. The fraction of sp³-hybridized carbons (Fsp3) is 0.579. The predicted octanol–water partition coefficient (Wildman–Crippen LogP) is 3.10. The molecule has 0 unspecified atom stereocenters. The Morgan fingerprint density at radius 2 is 1.96 bits per heavy atom. The average molecular weight is 329 g/mol. The molecule has 0 radical (unpaired) electrons. The summed E-state index contributed by atoms with van der Waals surface area (Å²) in [4.78, 5) is 12.5. The minimum absolute atomic E-state index is 0.00482. The van der Waals surface area contributed by atoms with Gasteiger partial charge in [0.25, 0.3) is 0 Å². The summed E-state index contributed by atoms with van der Waals surface area (Å²) in [5.74, 6) is 0.00482. The molecule has 2 aromatic rings. The molecule has 0 spiro atoms. The summed E-state index contributed by atoms with van der Waals surface area (Å²) in [5.41, 5.74) is 2.59. The van der Waals surface area contributed by atoms with E-state index < -0.39 is 0 Å². The van der Waals surface area contributed by atoms with E-state index in [0.717, 1.165) is 29.4 Å². The van der Waals surface area contributed by atoms with E-state index in [1.54, 1.807) is 0 Å². The van der Waals surface area contributed by atoms with Crippen molar-refractivity contribution in [2.24, 2.45) is 0 Å². The standard InChI is InChI=1S/C19H27N3O2/c1-12-6-7-16-14(8-12)15(21-24-16)9-17(23)20-13-10-18(2,3)22-19(4,5)11-13/h6-8,13,22H,9-11H2,1-5H3,(H,20,23). The fourth-order valence-electron chi connectivity index (χ4n) is 4.09. The number of piperidine rings is 1. The first-order valence-electron chi connectivity index (χ1n) is 8.57. The number of benzene rings is 1. The van der Waals surface area contributed by atoms with Crippen molar-refractivity contribution in [2.75, 3.05) is 0 Å². The van der Waals surface area contributed by atoms with Gasteiger partial charge < -0.3 is 15.2 Å². The molecule has 2 heterocycles. The van der Waals surface area contributed by atoms with Gasteiger partial charge in [0.05, 0.1) is 6.42 Å². The predicted molar refractivity (Wildman–Crippen MR) is 94.9 cm³/mol. The van der Waals surface area contributed by atoms with Gasteiger partial charge in [0, 0.05) is 22.5 Å². The van der Waals surface area contributed by atoms with Gasteiger partial charge in [0.15, 0.2) is 5.58 Å². The number of nitrogens with zero attached hydrogens (tertiary/aromatic N) is 1. The molecule has 1 aliphatic rings. The summed E-state index contributed by atoms with van der Waals surface area (Å²) < 4.78 is 5.32. The molecule has 1 aromatic carbocycles. The first-order chi connectivity index (χ1) is 11.1. The average Bonchev–Trinajstić information content (AvgIpc) is 2.77. The number of carbonyl (C=O) groups is 1. The van der Waals surface area contributed by atoms with Crippen molar-refractivity contribution in [2.45, 2.75) is 71.0 Å². The number of hydrogen-bond acceptors (Lipinski definition) is 4. The highest BCUT2D eigenvalue weighted by molar-refractivity contribution is 5.86. The molecule has 1 aromatic heterocycles. The Kier molecular flexibility index (Phi) is 4.16. The molecule has 1 amide bonds. The zero-order valence-electron chi connectivity index (χ0n) is 15.2. The molecule has 1 saturated heterocycles. The Bertz CT molecular complexity index is 745. The van der Waals surface area contributed by atoms with Crippen LogP contribution in [-0.2, 0) is 11.2 Å². The maximum absolute atomic E-state index is 12.5. The Morgan fingerprint density at radius 3 is 2.62 bits per heavy atom. The van der Waals surface area contributed by atoms with Gasteiger partial charge in [-0.15, -0.1) is 0 Å². The number of aromatic nitrogens is 1. The molecule has 2 N–H and O–H groups in total. The second-order valence-electron chi connectivity index (χ2n) is 8.37. The van der Waals surface area contributed by atoms with Crippen molar-refractivity contribution in [1.29, 1.82) is 0 Å². The number of carbonyl (C=O) groups excluding carboxylic acids is 1. The number of nitrogens with one attached hydrogen (secondary N) is 2. The van der Waals surface area contributed by atoms with Crippen molar-refractivity contribution >= 4 is 16.9 Å². The molecule has 1 aliphatic heterocycles. The second-order valence-corrected chi connectivity index (χ2v) is 8.37. The lowest BCUT2D eigenvalue weighted by molar-refractivity contribution is -0.121. The SMILES string of the molecule is Cc1ccc2onc(CC(=O)NC3CC(C)(C)NC(C)(C)C3)c2c1. The normalized spacial score (nSPS) is 20.2. The zero-order valence-corrected chi connectivity index (χ0v) is 15.2. The highest BCUT2D eigenvalue weighted by atomic mass is 16.5. The van der Waals surface area contributed by atoms with Crippen LogP contribution in [0.15, 0.2) is 22.7 Å². The van der Waals surface area contributed by atoms with Gasteiger partial charge in [-0.1, -0.05) is 16.8 Å². The third-order valence-electron chi connectivity index (χ3n) is 4.58. The van der Waals surface area contributed by atoms with E-state index >= 15 is 0 Å². The molecular formula is C19H27N3O2. The number of aryl methyl sites for hydroxylation is 1. The minimum atomic E-state index is 0.00482. The molecule has 24 heavy (non-hydrogen) atoms. The topological polar surface area (TPSA) is 67.2 Å². The van der Waals surface area contributed by atoms with Crippen LogP contribution in [0.5, 0.6) is 0 Å². The fourth-order valence-corrected chi connectivity index (χ4v) is 4.09. The molecule has 5 heteroatoms. The summed E-state index contributed by atoms with van der Waals surface area (Å²) in [6.07, 6.45) is 2.09. The lowest BCUT2D eigenvalue weighted by atomic mass is 9.79. The zero-order chi connectivity index (χ0) is 17.5. The molecule has 130 valence electrons. The van der Waals surface area contributed by atoms with Gasteiger partial charge in [-0.3, -0.25) is 4.79 Å². The third-order valence-corrected chi connectivity index (χ3v) is 4.58. The minimum Gasteiger partial charge on any atom is -0.356 e. The molecule has 0 aliphatic carbocycles. The summed E-state index contributed by atoms with van der Waals surface area (Å²) >= 11 is 0. The number of rotatable bonds is 3. The number of hydrogen-bond donors (Lipinski definition) is 2. The van der Waals surface area contributed by atoms with Crippen molar-refractivity contribution < 1.29 is 9.32 Å². The van der Waals surface area contributed by atoms with Crippen LogP contribution in [-0.4, -0.2) is 28.2 Å². The van der Waals surface area contributed by atoms with E-state index in [2.05, 4.69) is 43.5 Å². The maximum Gasteiger partial charge on any atom is 0.226 e. The highest BCUT2D eigenvalue weighted by Gasteiger charge is 2.38. The van der Waals surface area contributed by atoms with Crippen LogP contribution in [0.4, 0.5) is 0 Å². The van der Waals surface area contributed by atoms with E-state index in [9.17, 15) is 4.79 Å². The third kappa shape index (κ3) is 3.78. The van der Waals surface area contributed by atoms with Gasteiger partial charge in [-0.05, 0) is 59.6 Å². The van der Waals surface area contributed by atoms with Crippen LogP contribution in [0.3, 0.4) is 0 Å². The van der Waals surface area contributed by atoms with Gasteiger partial charge >= 0.3 is 0 Å². The molecule has 0 saturated carbocycles. The van der Waals surface area contributed by atoms with Gasteiger partial charge in [-0.2, -0.15) is 0 Å². The Labute approximate surface area is 143 Å². The van der Waals surface area contributed by atoms with E-state index in [4.69, 9.17) is 4.52 Å². The van der Waals surface area contributed by atoms with Crippen LogP contribution >= 0.6 is 0 Å². The van der Waals surface area contributed by atoms with Gasteiger partial charge in [0.2, 0.25) is 5.91 Å². The van der Waals surface area contributed by atoms with Crippen molar-refractivity contribution in [1.82, 2.24) is 15.8 Å². The lowest BCUT2D eigenvalue weighted by Crippen LogP contribution is -2.62. The van der Waals surface area contributed by atoms with Crippen LogP contribution in [0.25, 0.3) is 11.0 Å². The molecule has 5 nitrogen and oxygen atoms in total. The summed E-state index contributed by atoms with van der Waals surface area (Å²) in [7, 11) is 0. The first kappa shape index (κ1) is 17.0. The first-order valence-corrected chi connectivity index (χ1v) is 8.57. The van der Waals surface area contributed by atoms with Crippen LogP contribution in [0, 0.1) is 6.92 Å². The summed E-state index contributed by atoms with van der Waals surface area (Å²) in [6.45, 7) is 10.7. The molecule has 0 atom stereocenters. The smallest absolute Gasteiger partial charge is 0.226 e. The second kappa shape index (κ2) is 5.88. The van der Waals surface area contributed by atoms with E-state index in [-0.39, 0.29) is 29.4 Å². The largest absolute Gasteiger partial charge is 0.356 e. The number of fused-ring (bicyclic) bond motifs is 1. The van der Waals surface area contributed by atoms with Crippen molar-refractivity contribution in [3.05, 3.63) is 29.5 Å². The summed E-state index contributed by atoms with van der Waals surface area (Å²) in [5, 5.41) is 11.8. The molecular weight excluding hydrogens is 302 g/mol. The quantitative estimate of drug-likeness (QED) is 0.908.